The van der Waals surface area contributed by atoms with Crippen LogP contribution in [0.1, 0.15) is 27.4 Å². The van der Waals surface area contributed by atoms with E-state index in [9.17, 15) is 4.79 Å². The number of carboxylic acid groups (broad SMARTS) is 1. The number of nitrogens with zero attached hydrogens (tertiary/aromatic N) is 1. The summed E-state index contributed by atoms with van der Waals surface area (Å²) in [5.74, 6) is -0.206. The van der Waals surface area contributed by atoms with Gasteiger partial charge in [0.25, 0.3) is 0 Å². The monoisotopic (exact) mass is 290 g/mol. The van der Waals surface area contributed by atoms with Gasteiger partial charge in [-0.2, -0.15) is 5.26 Å². The van der Waals surface area contributed by atoms with Crippen LogP contribution in [0.3, 0.4) is 0 Å². The number of aromatic carboxylic acids is 1. The van der Waals surface area contributed by atoms with Gasteiger partial charge in [0.2, 0.25) is 0 Å². The second kappa shape index (κ2) is 5.68. The van der Waals surface area contributed by atoms with Crippen LogP contribution in [-0.2, 0) is 6.54 Å². The number of hydrogen-bond donors (Lipinski definition) is 2. The van der Waals surface area contributed by atoms with Crippen molar-refractivity contribution in [3.8, 4) is 6.07 Å². The van der Waals surface area contributed by atoms with Crippen molar-refractivity contribution in [2.45, 2.75) is 13.5 Å². The summed E-state index contributed by atoms with van der Waals surface area (Å²) in [6.07, 6.45) is 0. The van der Waals surface area contributed by atoms with E-state index in [0.717, 1.165) is 0 Å². The van der Waals surface area contributed by atoms with E-state index in [1.54, 1.807) is 25.1 Å². The normalized spacial score (nSPS) is 10.1. The molecule has 0 radical (unpaired) electrons. The van der Waals surface area contributed by atoms with E-state index in [1.165, 1.54) is 6.07 Å². The lowest BCUT2D eigenvalue weighted by Crippen LogP contribution is -2.00. The molecule has 6 heteroatoms. The first kappa shape index (κ1) is 14.0. The number of nitriles is 1. The predicted molar refractivity (Wildman–Crippen MR) is 73.9 cm³/mol. The molecule has 0 fully saturated rings. The zero-order valence-electron chi connectivity index (χ0n) is 10.6. The van der Waals surface area contributed by atoms with Crippen molar-refractivity contribution < 1.29 is 14.3 Å². The van der Waals surface area contributed by atoms with E-state index in [4.69, 9.17) is 26.4 Å². The van der Waals surface area contributed by atoms with Crippen LogP contribution in [-0.4, -0.2) is 11.1 Å². The van der Waals surface area contributed by atoms with Crippen LogP contribution in [0.25, 0.3) is 0 Å². The average molecular weight is 291 g/mol. The van der Waals surface area contributed by atoms with Crippen molar-refractivity contribution in [2.24, 2.45) is 0 Å². The lowest BCUT2D eigenvalue weighted by Gasteiger charge is -2.07. The van der Waals surface area contributed by atoms with Gasteiger partial charge in [0.15, 0.2) is 0 Å². The molecule has 0 aliphatic heterocycles. The zero-order chi connectivity index (χ0) is 14.7. The van der Waals surface area contributed by atoms with Crippen molar-refractivity contribution >= 4 is 23.3 Å². The predicted octanol–water partition coefficient (Wildman–Crippen LogP) is 3.42. The summed E-state index contributed by atoms with van der Waals surface area (Å²) >= 11 is 5.92. The SMILES string of the molecule is Cc1oc(CNc2cccc(Cl)c2C#N)cc1C(=O)O. The Hall–Kier alpha value is -2.45. The van der Waals surface area contributed by atoms with Crippen LogP contribution in [0.5, 0.6) is 0 Å². The minimum absolute atomic E-state index is 0.133. The van der Waals surface area contributed by atoms with Crippen LogP contribution in [0.4, 0.5) is 5.69 Å². The number of aryl methyl sites for hydroxylation is 1. The first-order valence-corrected chi connectivity index (χ1v) is 6.16. The number of carbonyl (C=O) groups is 1. The highest BCUT2D eigenvalue weighted by Crippen LogP contribution is 2.24. The van der Waals surface area contributed by atoms with Gasteiger partial charge in [-0.15, -0.1) is 0 Å². The molecule has 20 heavy (non-hydrogen) atoms. The molecule has 102 valence electrons. The highest BCUT2D eigenvalue weighted by Gasteiger charge is 2.14. The number of rotatable bonds is 4. The van der Waals surface area contributed by atoms with E-state index in [0.29, 0.717) is 27.8 Å². The molecule has 1 heterocycles. The summed E-state index contributed by atoms with van der Waals surface area (Å²) in [7, 11) is 0. The zero-order valence-corrected chi connectivity index (χ0v) is 11.4. The second-order valence-corrected chi connectivity index (χ2v) is 4.52. The number of nitrogens with one attached hydrogen (secondary N) is 1. The molecule has 0 aliphatic carbocycles. The number of benzene rings is 1. The molecule has 0 amide bonds. The highest BCUT2D eigenvalue weighted by molar-refractivity contribution is 6.32. The number of halogens is 1. The largest absolute Gasteiger partial charge is 0.478 e. The van der Waals surface area contributed by atoms with E-state index < -0.39 is 5.97 Å². The molecule has 0 saturated heterocycles. The molecule has 2 rings (SSSR count). The van der Waals surface area contributed by atoms with Gasteiger partial charge < -0.3 is 14.8 Å². The maximum atomic E-state index is 10.9. The quantitative estimate of drug-likeness (QED) is 0.901. The number of hydrogen-bond acceptors (Lipinski definition) is 4. The van der Waals surface area contributed by atoms with Crippen LogP contribution in [0.15, 0.2) is 28.7 Å². The third-order valence-electron chi connectivity index (χ3n) is 2.78. The number of furan rings is 1. The molecule has 0 unspecified atom stereocenters. The van der Waals surface area contributed by atoms with E-state index in [-0.39, 0.29) is 12.1 Å². The highest BCUT2D eigenvalue weighted by atomic mass is 35.5. The Morgan fingerprint density at radius 1 is 1.55 bits per heavy atom. The van der Waals surface area contributed by atoms with E-state index >= 15 is 0 Å². The molecule has 2 N–H and O–H groups in total. The maximum absolute atomic E-state index is 10.9. The minimum Gasteiger partial charge on any atom is -0.478 e. The van der Waals surface area contributed by atoms with Crippen molar-refractivity contribution in [1.29, 1.82) is 5.26 Å². The maximum Gasteiger partial charge on any atom is 0.339 e. The smallest absolute Gasteiger partial charge is 0.339 e. The standard InChI is InChI=1S/C14H11ClN2O3/c1-8-10(14(18)19)5-9(20-8)7-17-13-4-2-3-12(15)11(13)6-16/h2-5,17H,7H2,1H3,(H,18,19). The molecule has 0 spiro atoms. The van der Waals surface area contributed by atoms with Gasteiger partial charge in [-0.1, -0.05) is 17.7 Å². The Labute approximate surface area is 120 Å². The Bertz CT molecular complexity index is 701. The Morgan fingerprint density at radius 3 is 2.90 bits per heavy atom. The molecule has 5 nitrogen and oxygen atoms in total. The summed E-state index contributed by atoms with van der Waals surface area (Å²) in [6.45, 7) is 1.86. The minimum atomic E-state index is -1.03. The van der Waals surface area contributed by atoms with E-state index in [1.807, 2.05) is 6.07 Å². The topological polar surface area (TPSA) is 86.3 Å². The molecule has 1 aromatic heterocycles. The van der Waals surface area contributed by atoms with Crippen LogP contribution >= 0.6 is 11.6 Å². The van der Waals surface area contributed by atoms with Gasteiger partial charge in [0, 0.05) is 0 Å². The second-order valence-electron chi connectivity index (χ2n) is 4.12. The van der Waals surface area contributed by atoms with Gasteiger partial charge in [0.1, 0.15) is 23.2 Å². The fourth-order valence-corrected chi connectivity index (χ4v) is 2.03. The Kier molecular flexibility index (Phi) is 3.97. The Balaban J connectivity index is 2.18. The molecule has 0 bridgehead atoms. The van der Waals surface area contributed by atoms with Crippen LogP contribution in [0.2, 0.25) is 5.02 Å². The van der Waals surface area contributed by atoms with Crippen molar-refractivity contribution in [3.63, 3.8) is 0 Å². The average Bonchev–Trinajstić information content (AvgIpc) is 2.78. The number of anilines is 1. The lowest BCUT2D eigenvalue weighted by atomic mass is 10.2. The summed E-state index contributed by atoms with van der Waals surface area (Å²) < 4.78 is 5.34. The summed E-state index contributed by atoms with van der Waals surface area (Å²) in [5.41, 5.74) is 1.05. The van der Waals surface area contributed by atoms with Gasteiger partial charge in [-0.05, 0) is 25.1 Å². The molecular weight excluding hydrogens is 280 g/mol. The summed E-state index contributed by atoms with van der Waals surface area (Å²) in [6, 6.07) is 8.55. The van der Waals surface area contributed by atoms with Crippen LogP contribution in [0, 0.1) is 18.3 Å². The third-order valence-corrected chi connectivity index (χ3v) is 3.09. The van der Waals surface area contributed by atoms with Gasteiger partial charge in [-0.25, -0.2) is 4.79 Å². The van der Waals surface area contributed by atoms with Crippen molar-refractivity contribution in [2.75, 3.05) is 5.32 Å². The third kappa shape index (κ3) is 2.76. The first-order chi connectivity index (χ1) is 9.52. The molecule has 0 atom stereocenters. The van der Waals surface area contributed by atoms with Gasteiger partial charge in [0.05, 0.1) is 22.8 Å². The first-order valence-electron chi connectivity index (χ1n) is 5.78. The van der Waals surface area contributed by atoms with Gasteiger partial charge in [-0.3, -0.25) is 0 Å². The summed E-state index contributed by atoms with van der Waals surface area (Å²) in [4.78, 5) is 10.9. The number of carboxylic acids is 1. The fourth-order valence-electron chi connectivity index (χ4n) is 1.81. The Morgan fingerprint density at radius 2 is 2.30 bits per heavy atom. The van der Waals surface area contributed by atoms with Gasteiger partial charge >= 0.3 is 5.97 Å². The molecule has 1 aromatic carbocycles. The fraction of sp³-hybridized carbons (Fsp3) is 0.143. The van der Waals surface area contributed by atoms with E-state index in [2.05, 4.69) is 5.32 Å². The molecular formula is C14H11ClN2O3. The van der Waals surface area contributed by atoms with Crippen molar-refractivity contribution in [3.05, 3.63) is 51.9 Å². The summed E-state index contributed by atoms with van der Waals surface area (Å²) in [5, 5.41) is 21.4. The molecule has 2 aromatic rings. The van der Waals surface area contributed by atoms with Crippen LogP contribution < -0.4 is 5.32 Å². The molecule has 0 saturated carbocycles. The lowest BCUT2D eigenvalue weighted by molar-refractivity contribution is 0.0695. The van der Waals surface area contributed by atoms with Crippen molar-refractivity contribution in [1.82, 2.24) is 0 Å². The molecule has 0 aliphatic rings.